The molecule has 1 heterocycles. The molecule has 0 radical (unpaired) electrons. The second-order valence-electron chi connectivity index (χ2n) is 4.34. The summed E-state index contributed by atoms with van der Waals surface area (Å²) in [5, 5.41) is 8.56. The van der Waals surface area contributed by atoms with Crippen molar-refractivity contribution in [3.05, 3.63) is 28.2 Å². The van der Waals surface area contributed by atoms with E-state index in [9.17, 15) is 9.59 Å². The van der Waals surface area contributed by atoms with Crippen molar-refractivity contribution in [3.63, 3.8) is 0 Å². The van der Waals surface area contributed by atoms with Crippen LogP contribution in [0.3, 0.4) is 0 Å². The number of rotatable bonds is 5. The summed E-state index contributed by atoms with van der Waals surface area (Å²) in [5.41, 5.74) is -0.119. The van der Waals surface area contributed by atoms with E-state index in [-0.39, 0.29) is 17.2 Å². The lowest BCUT2D eigenvalue weighted by Gasteiger charge is -2.11. The second-order valence-corrected chi connectivity index (χ2v) is 4.34. The minimum Gasteiger partial charge on any atom is -0.376 e. The molecule has 6 heteroatoms. The summed E-state index contributed by atoms with van der Waals surface area (Å²) >= 11 is 0. The zero-order chi connectivity index (χ0) is 12.8. The van der Waals surface area contributed by atoms with Crippen LogP contribution in [-0.4, -0.2) is 35.4 Å². The Hall–Kier alpha value is -1.69. The molecule has 1 aliphatic carbocycles. The molecule has 1 saturated carbocycles. The number of amides is 1. The molecule has 0 bridgehead atoms. The van der Waals surface area contributed by atoms with Gasteiger partial charge in [-0.2, -0.15) is 5.10 Å². The van der Waals surface area contributed by atoms with Gasteiger partial charge in [0.1, 0.15) is 5.69 Å². The van der Waals surface area contributed by atoms with Crippen molar-refractivity contribution in [2.75, 3.05) is 13.2 Å². The van der Waals surface area contributed by atoms with E-state index in [2.05, 4.69) is 15.5 Å². The third kappa shape index (κ3) is 3.66. The van der Waals surface area contributed by atoms with E-state index in [4.69, 9.17) is 4.74 Å². The molecule has 1 aliphatic rings. The lowest BCUT2D eigenvalue weighted by Crippen LogP contribution is -2.29. The lowest BCUT2D eigenvalue weighted by molar-refractivity contribution is 0.0581. The Bertz CT molecular complexity index is 432. The molecule has 0 saturated heterocycles. The fraction of sp³-hybridized carbons (Fsp3) is 0.583. The van der Waals surface area contributed by atoms with Gasteiger partial charge in [-0.25, -0.2) is 5.10 Å². The number of nitrogens with zero attached hydrogens (tertiary/aromatic N) is 1. The molecule has 18 heavy (non-hydrogen) atoms. The van der Waals surface area contributed by atoms with Gasteiger partial charge in [-0.15, -0.1) is 0 Å². The zero-order valence-electron chi connectivity index (χ0n) is 10.1. The van der Waals surface area contributed by atoms with Crippen LogP contribution in [0.25, 0.3) is 0 Å². The van der Waals surface area contributed by atoms with Gasteiger partial charge in [0.05, 0.1) is 12.7 Å². The van der Waals surface area contributed by atoms with Gasteiger partial charge in [-0.1, -0.05) is 12.8 Å². The quantitative estimate of drug-likeness (QED) is 0.745. The summed E-state index contributed by atoms with van der Waals surface area (Å²) in [6.45, 7) is 0.968. The Balaban J connectivity index is 1.68. The molecule has 0 aromatic carbocycles. The largest absolute Gasteiger partial charge is 0.376 e. The van der Waals surface area contributed by atoms with Crippen molar-refractivity contribution in [1.29, 1.82) is 0 Å². The number of carbonyl (C=O) groups excluding carboxylic acids is 1. The molecule has 1 fully saturated rings. The molecule has 2 N–H and O–H groups in total. The maximum absolute atomic E-state index is 11.6. The number of nitrogens with one attached hydrogen (secondary N) is 2. The summed E-state index contributed by atoms with van der Waals surface area (Å²) in [7, 11) is 0. The van der Waals surface area contributed by atoms with E-state index in [0.29, 0.717) is 19.3 Å². The van der Waals surface area contributed by atoms with Gasteiger partial charge in [-0.05, 0) is 18.9 Å². The Labute approximate surface area is 105 Å². The van der Waals surface area contributed by atoms with Crippen LogP contribution in [0.5, 0.6) is 0 Å². The van der Waals surface area contributed by atoms with Gasteiger partial charge < -0.3 is 10.1 Å². The fourth-order valence-corrected chi connectivity index (χ4v) is 2.01. The minimum atomic E-state index is -0.323. The predicted molar refractivity (Wildman–Crippen MR) is 65.4 cm³/mol. The SMILES string of the molecule is O=C(NCCOC1CCCC1)c1ccc(=O)[nH]n1. The number of ether oxygens (including phenoxy) is 1. The van der Waals surface area contributed by atoms with Gasteiger partial charge in [0.25, 0.3) is 11.5 Å². The van der Waals surface area contributed by atoms with Gasteiger partial charge in [0.2, 0.25) is 0 Å². The highest BCUT2D eigenvalue weighted by atomic mass is 16.5. The lowest BCUT2D eigenvalue weighted by atomic mass is 10.3. The Morgan fingerprint density at radius 2 is 2.22 bits per heavy atom. The Morgan fingerprint density at radius 1 is 1.44 bits per heavy atom. The molecule has 98 valence electrons. The Kier molecular flexibility index (Phi) is 4.46. The average Bonchev–Trinajstić information content (AvgIpc) is 2.88. The second kappa shape index (κ2) is 6.30. The maximum atomic E-state index is 11.6. The molecule has 2 rings (SSSR count). The predicted octanol–water partition coefficient (Wildman–Crippen LogP) is 0.459. The van der Waals surface area contributed by atoms with Gasteiger partial charge in [0.15, 0.2) is 0 Å². The van der Waals surface area contributed by atoms with Gasteiger partial charge in [-0.3, -0.25) is 9.59 Å². The van der Waals surface area contributed by atoms with Crippen LogP contribution in [0.4, 0.5) is 0 Å². The number of hydrogen-bond acceptors (Lipinski definition) is 4. The molecular formula is C12H17N3O3. The smallest absolute Gasteiger partial charge is 0.271 e. The third-order valence-corrected chi connectivity index (χ3v) is 2.96. The average molecular weight is 251 g/mol. The molecule has 1 amide bonds. The topological polar surface area (TPSA) is 84.1 Å². The van der Waals surface area contributed by atoms with Crippen LogP contribution in [0.1, 0.15) is 36.2 Å². The first kappa shape index (κ1) is 12.8. The highest BCUT2D eigenvalue weighted by Crippen LogP contribution is 2.20. The highest BCUT2D eigenvalue weighted by Gasteiger charge is 2.15. The molecule has 6 nitrogen and oxygen atoms in total. The molecule has 1 aromatic rings. The first-order valence-electron chi connectivity index (χ1n) is 6.21. The van der Waals surface area contributed by atoms with Crippen LogP contribution in [0.15, 0.2) is 16.9 Å². The summed E-state index contributed by atoms with van der Waals surface area (Å²) < 4.78 is 5.62. The first-order chi connectivity index (χ1) is 8.75. The van der Waals surface area contributed by atoms with Crippen molar-refractivity contribution in [1.82, 2.24) is 15.5 Å². The van der Waals surface area contributed by atoms with E-state index in [1.54, 1.807) is 0 Å². The number of carbonyl (C=O) groups is 1. The van der Waals surface area contributed by atoms with Crippen LogP contribution in [0, 0.1) is 0 Å². The van der Waals surface area contributed by atoms with E-state index in [1.165, 1.54) is 25.0 Å². The van der Waals surface area contributed by atoms with Crippen LogP contribution >= 0.6 is 0 Å². The zero-order valence-corrected chi connectivity index (χ0v) is 10.1. The van der Waals surface area contributed by atoms with Crippen molar-refractivity contribution in [3.8, 4) is 0 Å². The number of aromatic nitrogens is 2. The standard InChI is InChI=1S/C12H17N3O3/c16-11-6-5-10(14-15-11)12(17)13-7-8-18-9-3-1-2-4-9/h5-6,9H,1-4,7-8H2,(H,13,17)(H,15,16). The molecule has 0 aliphatic heterocycles. The van der Waals surface area contributed by atoms with E-state index in [0.717, 1.165) is 12.8 Å². The highest BCUT2D eigenvalue weighted by molar-refractivity contribution is 5.91. The van der Waals surface area contributed by atoms with Crippen LogP contribution in [-0.2, 0) is 4.74 Å². The van der Waals surface area contributed by atoms with E-state index >= 15 is 0 Å². The first-order valence-corrected chi connectivity index (χ1v) is 6.21. The minimum absolute atomic E-state index is 0.204. The molecule has 0 atom stereocenters. The Morgan fingerprint density at radius 3 is 2.89 bits per heavy atom. The maximum Gasteiger partial charge on any atom is 0.271 e. The summed E-state index contributed by atoms with van der Waals surface area (Å²) in [5.74, 6) is -0.304. The number of H-pyrrole nitrogens is 1. The summed E-state index contributed by atoms with van der Waals surface area (Å²) in [6, 6.07) is 2.67. The van der Waals surface area contributed by atoms with Crippen LogP contribution < -0.4 is 10.9 Å². The number of hydrogen-bond donors (Lipinski definition) is 2. The van der Waals surface area contributed by atoms with Crippen molar-refractivity contribution < 1.29 is 9.53 Å². The van der Waals surface area contributed by atoms with Crippen molar-refractivity contribution in [2.24, 2.45) is 0 Å². The van der Waals surface area contributed by atoms with Gasteiger partial charge >= 0.3 is 0 Å². The monoisotopic (exact) mass is 251 g/mol. The fourth-order valence-electron chi connectivity index (χ4n) is 2.01. The third-order valence-electron chi connectivity index (χ3n) is 2.96. The molecular weight excluding hydrogens is 234 g/mol. The number of aromatic amines is 1. The normalized spacial score (nSPS) is 15.8. The van der Waals surface area contributed by atoms with Gasteiger partial charge in [0, 0.05) is 12.6 Å². The molecule has 0 spiro atoms. The summed E-state index contributed by atoms with van der Waals surface area (Å²) in [4.78, 5) is 22.4. The molecule has 0 unspecified atom stereocenters. The van der Waals surface area contributed by atoms with E-state index < -0.39 is 0 Å². The van der Waals surface area contributed by atoms with E-state index in [1.807, 2.05) is 0 Å². The van der Waals surface area contributed by atoms with Crippen LogP contribution in [0.2, 0.25) is 0 Å². The van der Waals surface area contributed by atoms with Crippen molar-refractivity contribution in [2.45, 2.75) is 31.8 Å². The van der Waals surface area contributed by atoms with Crippen molar-refractivity contribution >= 4 is 5.91 Å². The summed E-state index contributed by atoms with van der Waals surface area (Å²) in [6.07, 6.45) is 5.06. The molecule has 1 aromatic heterocycles.